The van der Waals surface area contributed by atoms with E-state index < -0.39 is 5.91 Å². The van der Waals surface area contributed by atoms with Crippen molar-refractivity contribution >= 4 is 5.91 Å². The molecule has 5 heteroatoms. The third-order valence-electron chi connectivity index (χ3n) is 0.976. The van der Waals surface area contributed by atoms with E-state index in [1.54, 1.807) is 6.92 Å². The molecular weight excluding hydrogens is 134 g/mol. The maximum absolute atomic E-state index is 10.7. The number of hydrogen-bond acceptors (Lipinski definition) is 4. The van der Waals surface area contributed by atoms with Crippen LogP contribution in [0.4, 0.5) is 0 Å². The number of nitrogens with zero attached hydrogens (tertiary/aromatic N) is 1. The van der Waals surface area contributed by atoms with E-state index >= 15 is 0 Å². The van der Waals surface area contributed by atoms with Crippen molar-refractivity contribution < 1.29 is 9.21 Å². The monoisotopic (exact) mass is 141 g/mol. The van der Waals surface area contributed by atoms with Gasteiger partial charge in [-0.3, -0.25) is 10.2 Å². The summed E-state index contributed by atoms with van der Waals surface area (Å²) in [6.45, 7) is 1.65. The summed E-state index contributed by atoms with van der Waals surface area (Å²) >= 11 is 0. The molecule has 0 aromatic carbocycles. The minimum Gasteiger partial charge on any atom is -0.436 e. The summed E-state index contributed by atoms with van der Waals surface area (Å²) < 4.78 is 4.83. The maximum atomic E-state index is 10.7. The summed E-state index contributed by atoms with van der Waals surface area (Å²) in [7, 11) is 0. The van der Waals surface area contributed by atoms with Gasteiger partial charge in [-0.1, -0.05) is 0 Å². The second kappa shape index (κ2) is 2.49. The fourth-order valence-electron chi connectivity index (χ4n) is 0.537. The first-order valence-corrected chi connectivity index (χ1v) is 2.67. The van der Waals surface area contributed by atoms with E-state index in [0.29, 0.717) is 5.89 Å². The molecule has 54 valence electrons. The number of nitrogen functional groups attached to an aromatic ring is 1. The lowest BCUT2D eigenvalue weighted by atomic mass is 10.5. The van der Waals surface area contributed by atoms with E-state index in [0.717, 1.165) is 0 Å². The molecule has 3 N–H and O–H groups in total. The topological polar surface area (TPSA) is 81.2 Å². The molecule has 0 aliphatic rings. The zero-order chi connectivity index (χ0) is 7.56. The third kappa shape index (κ3) is 1.14. The largest absolute Gasteiger partial charge is 0.436 e. The summed E-state index contributed by atoms with van der Waals surface area (Å²) in [4.78, 5) is 14.4. The zero-order valence-corrected chi connectivity index (χ0v) is 5.42. The van der Waals surface area contributed by atoms with Gasteiger partial charge >= 0.3 is 5.91 Å². The number of hydrogen-bond donors (Lipinski definition) is 2. The molecule has 0 atom stereocenters. The van der Waals surface area contributed by atoms with Gasteiger partial charge in [0.05, 0.1) is 6.20 Å². The van der Waals surface area contributed by atoms with Crippen molar-refractivity contribution in [2.24, 2.45) is 5.84 Å². The van der Waals surface area contributed by atoms with Crippen LogP contribution in [0.2, 0.25) is 0 Å². The van der Waals surface area contributed by atoms with E-state index in [9.17, 15) is 4.79 Å². The maximum Gasteiger partial charge on any atom is 0.302 e. The molecule has 1 aromatic heterocycles. The lowest BCUT2D eigenvalue weighted by molar-refractivity contribution is 0.0924. The highest BCUT2D eigenvalue weighted by Crippen LogP contribution is 1.99. The summed E-state index contributed by atoms with van der Waals surface area (Å²) in [6, 6.07) is 0. The van der Waals surface area contributed by atoms with Crippen LogP contribution < -0.4 is 11.3 Å². The smallest absolute Gasteiger partial charge is 0.302 e. The van der Waals surface area contributed by atoms with E-state index in [1.165, 1.54) is 6.20 Å². The number of hydrazine groups is 1. The Morgan fingerprint density at radius 1 is 1.90 bits per heavy atom. The SMILES string of the molecule is Cc1ncc(C(=O)NN)o1. The molecule has 1 rings (SSSR count). The lowest BCUT2D eigenvalue weighted by Gasteiger charge is -1.89. The Morgan fingerprint density at radius 3 is 3.00 bits per heavy atom. The molecule has 0 bridgehead atoms. The van der Waals surface area contributed by atoms with Crippen LogP contribution in [-0.2, 0) is 0 Å². The number of oxazole rings is 1. The average molecular weight is 141 g/mol. The van der Waals surface area contributed by atoms with Crippen LogP contribution in [0.3, 0.4) is 0 Å². The Morgan fingerprint density at radius 2 is 2.60 bits per heavy atom. The molecule has 0 radical (unpaired) electrons. The standard InChI is InChI=1S/C5H7N3O2/c1-3-7-2-4(10-3)5(9)8-6/h2H,6H2,1H3,(H,8,9). The van der Waals surface area contributed by atoms with Crippen molar-refractivity contribution in [1.29, 1.82) is 0 Å². The van der Waals surface area contributed by atoms with Gasteiger partial charge in [-0.2, -0.15) is 0 Å². The van der Waals surface area contributed by atoms with Gasteiger partial charge in [0.1, 0.15) is 0 Å². The fraction of sp³-hybridized carbons (Fsp3) is 0.200. The number of aryl methyl sites for hydroxylation is 1. The van der Waals surface area contributed by atoms with Gasteiger partial charge in [0, 0.05) is 6.92 Å². The van der Waals surface area contributed by atoms with E-state index in [-0.39, 0.29) is 5.76 Å². The van der Waals surface area contributed by atoms with Gasteiger partial charge in [-0.15, -0.1) is 0 Å². The van der Waals surface area contributed by atoms with Crippen LogP contribution in [0.15, 0.2) is 10.6 Å². The van der Waals surface area contributed by atoms with E-state index in [2.05, 4.69) is 4.98 Å². The zero-order valence-electron chi connectivity index (χ0n) is 5.42. The molecule has 10 heavy (non-hydrogen) atoms. The highest BCUT2D eigenvalue weighted by atomic mass is 16.4. The summed E-state index contributed by atoms with van der Waals surface area (Å²) in [5, 5.41) is 0. The Balaban J connectivity index is 2.85. The second-order valence-corrected chi connectivity index (χ2v) is 1.72. The second-order valence-electron chi connectivity index (χ2n) is 1.72. The highest BCUT2D eigenvalue weighted by Gasteiger charge is 2.07. The van der Waals surface area contributed by atoms with Crippen LogP contribution in [-0.4, -0.2) is 10.9 Å². The molecule has 0 saturated carbocycles. The number of rotatable bonds is 1. The summed E-state index contributed by atoms with van der Waals surface area (Å²) in [5.41, 5.74) is 1.92. The quantitative estimate of drug-likeness (QED) is 0.316. The molecular formula is C5H7N3O2. The van der Waals surface area contributed by atoms with Gasteiger partial charge in [0.15, 0.2) is 5.89 Å². The number of aromatic nitrogens is 1. The third-order valence-corrected chi connectivity index (χ3v) is 0.976. The number of amides is 1. The molecule has 1 amide bonds. The van der Waals surface area contributed by atoms with E-state index in [4.69, 9.17) is 10.3 Å². The van der Waals surface area contributed by atoms with Gasteiger partial charge < -0.3 is 4.42 Å². The fourth-order valence-corrected chi connectivity index (χ4v) is 0.537. The van der Waals surface area contributed by atoms with Gasteiger partial charge in [0.2, 0.25) is 5.76 Å². The predicted octanol–water partition coefficient (Wildman–Crippen LogP) is -0.413. The van der Waals surface area contributed by atoms with Crippen molar-refractivity contribution in [1.82, 2.24) is 10.4 Å². The van der Waals surface area contributed by atoms with Crippen molar-refractivity contribution in [3.8, 4) is 0 Å². The van der Waals surface area contributed by atoms with Gasteiger partial charge in [-0.05, 0) is 0 Å². The molecule has 0 aliphatic heterocycles. The molecule has 0 aliphatic carbocycles. The predicted molar refractivity (Wildman–Crippen MR) is 32.9 cm³/mol. The Hall–Kier alpha value is -1.36. The molecule has 5 nitrogen and oxygen atoms in total. The molecule has 0 unspecified atom stereocenters. The molecule has 0 saturated heterocycles. The Kier molecular flexibility index (Phi) is 1.68. The van der Waals surface area contributed by atoms with E-state index in [1.807, 2.05) is 5.43 Å². The molecule has 1 heterocycles. The summed E-state index contributed by atoms with van der Waals surface area (Å²) in [6.07, 6.45) is 1.32. The van der Waals surface area contributed by atoms with Crippen molar-refractivity contribution in [2.45, 2.75) is 6.92 Å². The average Bonchev–Trinajstić information content (AvgIpc) is 2.34. The summed E-state index contributed by atoms with van der Waals surface area (Å²) in [5.74, 6) is 4.92. The Bertz CT molecular complexity index is 243. The number of carbonyl (C=O) groups excluding carboxylic acids is 1. The normalized spacial score (nSPS) is 9.40. The number of nitrogens with two attached hydrogens (primary N) is 1. The first-order chi connectivity index (χ1) is 4.74. The Labute approximate surface area is 57.2 Å². The highest BCUT2D eigenvalue weighted by molar-refractivity contribution is 5.90. The van der Waals surface area contributed by atoms with Crippen LogP contribution in [0.5, 0.6) is 0 Å². The lowest BCUT2D eigenvalue weighted by Crippen LogP contribution is -2.29. The van der Waals surface area contributed by atoms with Crippen molar-refractivity contribution in [2.75, 3.05) is 0 Å². The first kappa shape index (κ1) is 6.76. The van der Waals surface area contributed by atoms with Gasteiger partial charge in [0.25, 0.3) is 0 Å². The van der Waals surface area contributed by atoms with Crippen molar-refractivity contribution in [3.63, 3.8) is 0 Å². The number of carbonyl (C=O) groups is 1. The van der Waals surface area contributed by atoms with Crippen LogP contribution >= 0.6 is 0 Å². The van der Waals surface area contributed by atoms with Crippen LogP contribution in [0.25, 0.3) is 0 Å². The van der Waals surface area contributed by atoms with Crippen LogP contribution in [0, 0.1) is 6.92 Å². The minimum absolute atomic E-state index is 0.125. The van der Waals surface area contributed by atoms with Crippen LogP contribution in [0.1, 0.15) is 16.4 Å². The minimum atomic E-state index is -0.472. The first-order valence-electron chi connectivity index (χ1n) is 2.67. The molecule has 0 fully saturated rings. The number of nitrogens with one attached hydrogen (secondary N) is 1. The molecule has 0 spiro atoms. The molecule has 1 aromatic rings. The van der Waals surface area contributed by atoms with Crippen molar-refractivity contribution in [3.05, 3.63) is 17.8 Å². The van der Waals surface area contributed by atoms with Gasteiger partial charge in [-0.25, -0.2) is 10.8 Å².